The first-order valence-corrected chi connectivity index (χ1v) is 9.60. The molecule has 0 bridgehead atoms. The fourth-order valence-corrected chi connectivity index (χ4v) is 5.57. The van der Waals surface area contributed by atoms with E-state index in [2.05, 4.69) is 10.2 Å². The van der Waals surface area contributed by atoms with Crippen LogP contribution in [0.1, 0.15) is 44.9 Å². The average molecular weight is 286 g/mol. The van der Waals surface area contributed by atoms with Crippen LogP contribution in [0.25, 0.3) is 0 Å². The Balaban J connectivity index is 1.62. The van der Waals surface area contributed by atoms with Crippen molar-refractivity contribution in [2.75, 3.05) is 31.1 Å². The molecule has 0 aromatic heterocycles. The number of nitrogens with zero attached hydrogens (tertiary/aromatic N) is 1. The number of sulfone groups is 1. The SMILES string of the molecule is O=S1(=O)CCC(N2CCNC3(CCCCC3)C2)CC1. The monoisotopic (exact) mass is 286 g/mol. The summed E-state index contributed by atoms with van der Waals surface area (Å²) in [6.07, 6.45) is 8.37. The quantitative estimate of drug-likeness (QED) is 0.786. The second-order valence-electron chi connectivity index (χ2n) is 6.62. The second-order valence-corrected chi connectivity index (χ2v) is 8.92. The van der Waals surface area contributed by atoms with Crippen molar-refractivity contribution in [2.24, 2.45) is 0 Å². The smallest absolute Gasteiger partial charge is 0.150 e. The van der Waals surface area contributed by atoms with Crippen LogP contribution in [-0.4, -0.2) is 56.0 Å². The summed E-state index contributed by atoms with van der Waals surface area (Å²) in [5, 5.41) is 3.76. The molecule has 0 radical (unpaired) electrons. The van der Waals surface area contributed by atoms with Gasteiger partial charge in [0.1, 0.15) is 9.84 Å². The first-order chi connectivity index (χ1) is 9.09. The number of piperazine rings is 1. The highest BCUT2D eigenvalue weighted by molar-refractivity contribution is 7.91. The van der Waals surface area contributed by atoms with E-state index in [-0.39, 0.29) is 0 Å². The molecular weight excluding hydrogens is 260 g/mol. The normalized spacial score (nSPS) is 32.4. The molecule has 110 valence electrons. The molecule has 4 nitrogen and oxygen atoms in total. The topological polar surface area (TPSA) is 49.4 Å². The van der Waals surface area contributed by atoms with Crippen LogP contribution in [0.3, 0.4) is 0 Å². The van der Waals surface area contributed by atoms with Crippen LogP contribution in [0.4, 0.5) is 0 Å². The molecule has 1 N–H and O–H groups in total. The summed E-state index contributed by atoms with van der Waals surface area (Å²) in [5.41, 5.74) is 0.340. The van der Waals surface area contributed by atoms with E-state index >= 15 is 0 Å². The average Bonchev–Trinajstić information content (AvgIpc) is 2.39. The van der Waals surface area contributed by atoms with Crippen LogP contribution in [0.2, 0.25) is 0 Å². The Hall–Kier alpha value is -0.130. The summed E-state index contributed by atoms with van der Waals surface area (Å²) >= 11 is 0. The summed E-state index contributed by atoms with van der Waals surface area (Å²) in [4.78, 5) is 2.58. The van der Waals surface area contributed by atoms with Crippen molar-refractivity contribution in [1.82, 2.24) is 10.2 Å². The highest BCUT2D eigenvalue weighted by atomic mass is 32.2. The zero-order chi connectivity index (χ0) is 13.3. The Bertz CT molecular complexity index is 396. The molecular formula is C14H26N2O2S. The van der Waals surface area contributed by atoms with Gasteiger partial charge in [-0.3, -0.25) is 4.90 Å². The van der Waals surface area contributed by atoms with Gasteiger partial charge in [-0.25, -0.2) is 8.42 Å². The molecule has 0 atom stereocenters. The third-order valence-corrected chi connectivity index (χ3v) is 6.97. The van der Waals surface area contributed by atoms with Crippen molar-refractivity contribution in [2.45, 2.75) is 56.5 Å². The maximum atomic E-state index is 11.5. The standard InChI is InChI=1S/C14H26N2O2S/c17-19(18)10-4-13(5-11-19)16-9-8-15-14(12-16)6-2-1-3-7-14/h13,15H,1-12H2. The van der Waals surface area contributed by atoms with E-state index < -0.39 is 9.84 Å². The lowest BCUT2D eigenvalue weighted by Crippen LogP contribution is -2.63. The van der Waals surface area contributed by atoms with Gasteiger partial charge in [-0.05, 0) is 25.7 Å². The van der Waals surface area contributed by atoms with Gasteiger partial charge in [0.25, 0.3) is 0 Å². The molecule has 2 saturated heterocycles. The van der Waals surface area contributed by atoms with Gasteiger partial charge in [0.2, 0.25) is 0 Å². The van der Waals surface area contributed by atoms with Crippen molar-refractivity contribution < 1.29 is 8.42 Å². The number of hydrogen-bond acceptors (Lipinski definition) is 4. The molecule has 2 aliphatic heterocycles. The Morgan fingerprint density at radius 3 is 2.42 bits per heavy atom. The van der Waals surface area contributed by atoms with Gasteiger partial charge in [-0.2, -0.15) is 0 Å². The van der Waals surface area contributed by atoms with Gasteiger partial charge in [-0.1, -0.05) is 19.3 Å². The van der Waals surface area contributed by atoms with Crippen molar-refractivity contribution >= 4 is 9.84 Å². The Labute approximate surface area is 116 Å². The molecule has 0 unspecified atom stereocenters. The lowest BCUT2D eigenvalue weighted by molar-refractivity contribution is 0.0641. The molecule has 0 amide bonds. The summed E-state index contributed by atoms with van der Waals surface area (Å²) in [7, 11) is -2.73. The maximum Gasteiger partial charge on any atom is 0.150 e. The summed E-state index contributed by atoms with van der Waals surface area (Å²) in [6, 6.07) is 0.504. The lowest BCUT2D eigenvalue weighted by atomic mass is 9.79. The van der Waals surface area contributed by atoms with Crippen LogP contribution in [0, 0.1) is 0 Å². The minimum atomic E-state index is -2.73. The largest absolute Gasteiger partial charge is 0.309 e. The second kappa shape index (κ2) is 5.34. The molecule has 0 aromatic rings. The molecule has 1 saturated carbocycles. The van der Waals surface area contributed by atoms with Crippen LogP contribution in [0.5, 0.6) is 0 Å². The van der Waals surface area contributed by atoms with Gasteiger partial charge in [0.15, 0.2) is 0 Å². The van der Waals surface area contributed by atoms with Crippen LogP contribution >= 0.6 is 0 Å². The first kappa shape index (κ1) is 13.8. The Morgan fingerprint density at radius 1 is 1.05 bits per heavy atom. The molecule has 5 heteroatoms. The van der Waals surface area contributed by atoms with Gasteiger partial charge in [0.05, 0.1) is 11.5 Å². The third kappa shape index (κ3) is 3.14. The van der Waals surface area contributed by atoms with Crippen LogP contribution in [0.15, 0.2) is 0 Å². The van der Waals surface area contributed by atoms with E-state index in [0.29, 0.717) is 23.1 Å². The van der Waals surface area contributed by atoms with Crippen molar-refractivity contribution in [3.63, 3.8) is 0 Å². The van der Waals surface area contributed by atoms with E-state index in [1.165, 1.54) is 32.1 Å². The predicted molar refractivity (Wildman–Crippen MR) is 77.1 cm³/mol. The van der Waals surface area contributed by atoms with Gasteiger partial charge in [0, 0.05) is 31.2 Å². The van der Waals surface area contributed by atoms with Gasteiger partial charge >= 0.3 is 0 Å². The van der Waals surface area contributed by atoms with E-state index in [1.54, 1.807) is 0 Å². The minimum Gasteiger partial charge on any atom is -0.309 e. The van der Waals surface area contributed by atoms with E-state index in [4.69, 9.17) is 0 Å². The molecule has 3 fully saturated rings. The van der Waals surface area contributed by atoms with Gasteiger partial charge < -0.3 is 5.32 Å². The first-order valence-electron chi connectivity index (χ1n) is 7.78. The third-order valence-electron chi connectivity index (χ3n) is 5.26. The lowest BCUT2D eigenvalue weighted by Gasteiger charge is -2.49. The van der Waals surface area contributed by atoms with E-state index in [1.807, 2.05) is 0 Å². The van der Waals surface area contributed by atoms with Crippen molar-refractivity contribution in [1.29, 1.82) is 0 Å². The summed E-state index contributed by atoms with van der Waals surface area (Å²) in [5.74, 6) is 0.795. The van der Waals surface area contributed by atoms with Crippen molar-refractivity contribution in [3.8, 4) is 0 Å². The highest BCUT2D eigenvalue weighted by Crippen LogP contribution is 2.32. The number of hydrogen-bond donors (Lipinski definition) is 1. The van der Waals surface area contributed by atoms with Crippen LogP contribution in [-0.2, 0) is 9.84 Å². The van der Waals surface area contributed by atoms with Crippen molar-refractivity contribution in [3.05, 3.63) is 0 Å². The predicted octanol–water partition coefficient (Wildman–Crippen LogP) is 1.17. The van der Waals surface area contributed by atoms with Crippen LogP contribution < -0.4 is 5.32 Å². The fourth-order valence-electron chi connectivity index (χ4n) is 4.11. The van der Waals surface area contributed by atoms with Gasteiger partial charge in [-0.15, -0.1) is 0 Å². The maximum absolute atomic E-state index is 11.5. The van der Waals surface area contributed by atoms with E-state index in [9.17, 15) is 8.42 Å². The molecule has 1 aliphatic carbocycles. The molecule has 0 aromatic carbocycles. The Kier molecular flexibility index (Phi) is 3.89. The zero-order valence-corrected chi connectivity index (χ0v) is 12.6. The number of rotatable bonds is 1. The molecule has 19 heavy (non-hydrogen) atoms. The zero-order valence-electron chi connectivity index (χ0n) is 11.7. The highest BCUT2D eigenvalue weighted by Gasteiger charge is 2.39. The molecule has 3 aliphatic rings. The Morgan fingerprint density at radius 2 is 1.74 bits per heavy atom. The fraction of sp³-hybridized carbons (Fsp3) is 1.00. The minimum absolute atomic E-state index is 0.340. The molecule has 3 rings (SSSR count). The molecule has 2 heterocycles. The summed E-state index contributed by atoms with van der Waals surface area (Å²) < 4.78 is 23.1. The summed E-state index contributed by atoms with van der Waals surface area (Å²) in [6.45, 7) is 3.30. The number of nitrogens with one attached hydrogen (secondary N) is 1. The van der Waals surface area contributed by atoms with E-state index in [0.717, 1.165) is 32.5 Å². The molecule has 1 spiro atoms.